The number of benzene rings is 1. The maximum Gasteiger partial charge on any atom is 0.254 e. The van der Waals surface area contributed by atoms with Gasteiger partial charge in [-0.25, -0.2) is 18.1 Å². The Morgan fingerprint density at radius 1 is 1.03 bits per heavy atom. The van der Waals surface area contributed by atoms with Gasteiger partial charge in [0.1, 0.15) is 12.1 Å². The number of fused-ring (bicyclic) bond motifs is 1. The summed E-state index contributed by atoms with van der Waals surface area (Å²) >= 11 is 0. The Morgan fingerprint density at radius 3 is 2.36 bits per heavy atom. The van der Waals surface area contributed by atoms with Crippen LogP contribution in [-0.2, 0) is 14.8 Å². The molecule has 1 N–H and O–H groups in total. The fraction of sp³-hybridized carbons (Fsp3) is 0.455. The summed E-state index contributed by atoms with van der Waals surface area (Å²) in [5.74, 6) is 1.39. The number of rotatable bonds is 6. The lowest BCUT2D eigenvalue weighted by Gasteiger charge is -2.36. The molecule has 2 aromatic heterocycles. The Balaban J connectivity index is 1.33. The average molecular weight is 472 g/mol. The van der Waals surface area contributed by atoms with Gasteiger partial charge in [-0.3, -0.25) is 4.79 Å². The lowest BCUT2D eigenvalue weighted by Crippen LogP contribution is -2.49. The van der Waals surface area contributed by atoms with E-state index >= 15 is 0 Å². The topological polar surface area (TPSA) is 113 Å². The number of carbonyl (C=O) groups excluding carboxylic acids is 1. The van der Waals surface area contributed by atoms with E-state index in [-0.39, 0.29) is 18.9 Å². The number of carbonyl (C=O) groups is 1. The van der Waals surface area contributed by atoms with E-state index in [9.17, 15) is 13.2 Å². The SMILES string of the molecule is Cc1cc(C)c(S(=O)(=O)NCCC(=O)N2CCN(c3cc(C)nc4ncnn34)CC2)c(C)c1. The molecule has 0 aliphatic carbocycles. The molecule has 1 saturated heterocycles. The maximum absolute atomic E-state index is 12.8. The number of amides is 1. The third kappa shape index (κ3) is 4.83. The molecule has 33 heavy (non-hydrogen) atoms. The molecule has 176 valence electrons. The molecule has 0 radical (unpaired) electrons. The van der Waals surface area contributed by atoms with Crippen molar-refractivity contribution in [3.8, 4) is 0 Å². The van der Waals surface area contributed by atoms with Gasteiger partial charge in [0.05, 0.1) is 4.90 Å². The molecule has 1 aliphatic rings. The molecule has 1 aliphatic heterocycles. The van der Waals surface area contributed by atoms with Crippen molar-refractivity contribution in [2.24, 2.45) is 0 Å². The summed E-state index contributed by atoms with van der Waals surface area (Å²) in [4.78, 5) is 25.5. The van der Waals surface area contributed by atoms with Crippen molar-refractivity contribution in [3.05, 3.63) is 46.9 Å². The summed E-state index contributed by atoms with van der Waals surface area (Å²) in [5, 5.41) is 4.25. The number of sulfonamides is 1. The van der Waals surface area contributed by atoms with Gasteiger partial charge in [-0.1, -0.05) is 17.7 Å². The number of aromatic nitrogens is 4. The van der Waals surface area contributed by atoms with Crippen molar-refractivity contribution >= 4 is 27.5 Å². The van der Waals surface area contributed by atoms with Crippen LogP contribution < -0.4 is 9.62 Å². The lowest BCUT2D eigenvalue weighted by atomic mass is 10.1. The van der Waals surface area contributed by atoms with E-state index in [0.717, 1.165) is 17.1 Å². The van der Waals surface area contributed by atoms with Crippen LogP contribution in [0.15, 0.2) is 29.4 Å². The number of hydrogen-bond acceptors (Lipinski definition) is 7. The lowest BCUT2D eigenvalue weighted by molar-refractivity contribution is -0.131. The highest BCUT2D eigenvalue weighted by Crippen LogP contribution is 2.22. The summed E-state index contributed by atoms with van der Waals surface area (Å²) in [5.41, 5.74) is 3.28. The zero-order valence-corrected chi connectivity index (χ0v) is 20.2. The van der Waals surface area contributed by atoms with E-state index in [1.165, 1.54) is 6.33 Å². The second kappa shape index (κ2) is 9.06. The van der Waals surface area contributed by atoms with Crippen LogP contribution in [0, 0.1) is 27.7 Å². The molecule has 3 aromatic rings. The number of hydrogen-bond donors (Lipinski definition) is 1. The van der Waals surface area contributed by atoms with Gasteiger partial charge in [0, 0.05) is 50.9 Å². The summed E-state index contributed by atoms with van der Waals surface area (Å²) < 4.78 is 29.9. The zero-order valence-electron chi connectivity index (χ0n) is 19.4. The van der Waals surface area contributed by atoms with Crippen molar-refractivity contribution in [2.75, 3.05) is 37.6 Å². The molecule has 4 rings (SSSR count). The van der Waals surface area contributed by atoms with Gasteiger partial charge in [0.25, 0.3) is 5.78 Å². The van der Waals surface area contributed by atoms with Gasteiger partial charge < -0.3 is 9.80 Å². The molecule has 11 heteroatoms. The van der Waals surface area contributed by atoms with Gasteiger partial charge in [-0.05, 0) is 38.8 Å². The molecule has 0 unspecified atom stereocenters. The van der Waals surface area contributed by atoms with Crippen LogP contribution in [0.3, 0.4) is 0 Å². The second-order valence-electron chi connectivity index (χ2n) is 8.47. The molecular formula is C22H29N7O3S. The molecule has 3 heterocycles. The van der Waals surface area contributed by atoms with Crippen molar-refractivity contribution < 1.29 is 13.2 Å². The van der Waals surface area contributed by atoms with E-state index in [1.54, 1.807) is 23.3 Å². The summed E-state index contributed by atoms with van der Waals surface area (Å²) in [6, 6.07) is 5.66. The predicted molar refractivity (Wildman–Crippen MR) is 125 cm³/mol. The summed E-state index contributed by atoms with van der Waals surface area (Å²) in [6.07, 6.45) is 1.59. The number of piperazine rings is 1. The average Bonchev–Trinajstić information content (AvgIpc) is 3.20. The smallest absolute Gasteiger partial charge is 0.254 e. The van der Waals surface area contributed by atoms with Crippen LogP contribution in [0.2, 0.25) is 0 Å². The predicted octanol–water partition coefficient (Wildman–Crippen LogP) is 1.38. The number of anilines is 1. The quantitative estimate of drug-likeness (QED) is 0.578. The third-order valence-electron chi connectivity index (χ3n) is 5.82. The standard InChI is InChI=1S/C22H29N7O3S/c1-15-11-16(2)21(17(3)12-15)33(31,32)25-6-5-20(30)28-9-7-27(8-10-28)19-13-18(4)26-22-23-14-24-29(19)22/h11-14,25H,5-10H2,1-4H3. The molecule has 0 spiro atoms. The van der Waals surface area contributed by atoms with E-state index in [1.807, 2.05) is 32.0 Å². The Kier molecular flexibility index (Phi) is 6.35. The van der Waals surface area contributed by atoms with Crippen LogP contribution in [0.4, 0.5) is 5.82 Å². The van der Waals surface area contributed by atoms with Crippen LogP contribution in [-0.4, -0.2) is 71.5 Å². The highest BCUT2D eigenvalue weighted by molar-refractivity contribution is 7.89. The molecule has 1 aromatic carbocycles. The van der Waals surface area contributed by atoms with E-state index < -0.39 is 10.0 Å². The highest BCUT2D eigenvalue weighted by Gasteiger charge is 2.24. The van der Waals surface area contributed by atoms with E-state index in [2.05, 4.69) is 24.7 Å². The molecule has 0 bridgehead atoms. The highest BCUT2D eigenvalue weighted by atomic mass is 32.2. The zero-order chi connectivity index (χ0) is 23.8. The first-order chi connectivity index (χ1) is 15.7. The first-order valence-corrected chi connectivity index (χ1v) is 12.4. The molecule has 0 atom stereocenters. The molecular weight excluding hydrogens is 442 g/mol. The minimum atomic E-state index is -3.68. The number of nitrogens with zero attached hydrogens (tertiary/aromatic N) is 6. The Bertz CT molecular complexity index is 1270. The number of nitrogens with one attached hydrogen (secondary N) is 1. The molecule has 1 fully saturated rings. The Labute approximate surface area is 193 Å². The largest absolute Gasteiger partial charge is 0.353 e. The third-order valence-corrected chi connectivity index (χ3v) is 7.59. The fourth-order valence-electron chi connectivity index (χ4n) is 4.43. The maximum atomic E-state index is 12.8. The first kappa shape index (κ1) is 23.1. The van der Waals surface area contributed by atoms with Crippen LogP contribution in [0.5, 0.6) is 0 Å². The summed E-state index contributed by atoms with van der Waals surface area (Å²) in [6.45, 7) is 9.91. The van der Waals surface area contributed by atoms with Crippen molar-refractivity contribution in [2.45, 2.75) is 39.0 Å². The normalized spacial score (nSPS) is 14.8. The minimum Gasteiger partial charge on any atom is -0.353 e. The number of aryl methyl sites for hydroxylation is 4. The Hall–Kier alpha value is -3.05. The van der Waals surface area contributed by atoms with Gasteiger partial charge >= 0.3 is 0 Å². The van der Waals surface area contributed by atoms with Crippen LogP contribution >= 0.6 is 0 Å². The Morgan fingerprint density at radius 2 is 1.70 bits per heavy atom. The minimum absolute atomic E-state index is 0.0634. The second-order valence-corrected chi connectivity index (χ2v) is 10.2. The van der Waals surface area contributed by atoms with Gasteiger partial charge in [0.2, 0.25) is 15.9 Å². The van der Waals surface area contributed by atoms with Crippen molar-refractivity contribution in [3.63, 3.8) is 0 Å². The van der Waals surface area contributed by atoms with Crippen molar-refractivity contribution in [1.29, 1.82) is 0 Å². The van der Waals surface area contributed by atoms with Gasteiger partial charge in [0.15, 0.2) is 0 Å². The first-order valence-electron chi connectivity index (χ1n) is 10.9. The van der Waals surface area contributed by atoms with Gasteiger partial charge in [-0.15, -0.1) is 0 Å². The van der Waals surface area contributed by atoms with Crippen molar-refractivity contribution in [1.82, 2.24) is 29.2 Å². The van der Waals surface area contributed by atoms with E-state index in [4.69, 9.17) is 0 Å². The van der Waals surface area contributed by atoms with Crippen LogP contribution in [0.25, 0.3) is 5.78 Å². The van der Waals surface area contributed by atoms with Crippen LogP contribution in [0.1, 0.15) is 28.8 Å². The molecule has 0 saturated carbocycles. The molecule has 10 nitrogen and oxygen atoms in total. The van der Waals surface area contributed by atoms with Gasteiger partial charge in [-0.2, -0.15) is 14.6 Å². The van der Waals surface area contributed by atoms with E-state index in [0.29, 0.717) is 48.0 Å². The molecule has 1 amide bonds. The monoisotopic (exact) mass is 471 g/mol. The summed E-state index contributed by atoms with van der Waals surface area (Å²) in [7, 11) is -3.68. The fourth-order valence-corrected chi connectivity index (χ4v) is 5.92.